The quantitative estimate of drug-likeness (QED) is 0.778. The number of benzene rings is 2. The fourth-order valence-electron chi connectivity index (χ4n) is 3.37. The lowest BCUT2D eigenvalue weighted by Gasteiger charge is -2.36. The largest absolute Gasteiger partial charge is 0.314 e. The van der Waals surface area contributed by atoms with Crippen LogP contribution in [0.5, 0.6) is 0 Å². The van der Waals surface area contributed by atoms with Crippen LogP contribution in [0, 0.1) is 0 Å². The molecule has 2 N–H and O–H groups in total. The molecule has 2 aromatic rings. The van der Waals surface area contributed by atoms with E-state index in [0.29, 0.717) is 23.9 Å². The SMILES string of the molecule is C[C@H]1CNCCN1C[C@H](Cc1ccccc1)NS(=O)(=O)c1ccccc1. The summed E-state index contributed by atoms with van der Waals surface area (Å²) >= 11 is 0. The van der Waals surface area contributed by atoms with Crippen molar-refractivity contribution in [1.82, 2.24) is 14.9 Å². The molecule has 0 unspecified atom stereocenters. The highest BCUT2D eigenvalue weighted by molar-refractivity contribution is 7.89. The van der Waals surface area contributed by atoms with E-state index in [0.717, 1.165) is 25.2 Å². The van der Waals surface area contributed by atoms with Crippen molar-refractivity contribution in [2.75, 3.05) is 26.2 Å². The number of piperazine rings is 1. The van der Waals surface area contributed by atoms with Gasteiger partial charge in [0.25, 0.3) is 0 Å². The van der Waals surface area contributed by atoms with Crippen molar-refractivity contribution in [3.63, 3.8) is 0 Å². The molecule has 5 nitrogen and oxygen atoms in total. The van der Waals surface area contributed by atoms with E-state index in [1.54, 1.807) is 24.3 Å². The van der Waals surface area contributed by atoms with Crippen molar-refractivity contribution in [3.8, 4) is 0 Å². The molecule has 0 spiro atoms. The van der Waals surface area contributed by atoms with E-state index >= 15 is 0 Å². The van der Waals surface area contributed by atoms with Crippen molar-refractivity contribution in [2.24, 2.45) is 0 Å². The van der Waals surface area contributed by atoms with E-state index in [1.165, 1.54) is 0 Å². The lowest BCUT2D eigenvalue weighted by Crippen LogP contribution is -2.54. The van der Waals surface area contributed by atoms with Gasteiger partial charge in [0.1, 0.15) is 0 Å². The second-order valence-electron chi connectivity index (χ2n) is 6.87. The highest BCUT2D eigenvalue weighted by Gasteiger charge is 2.25. The van der Waals surface area contributed by atoms with Crippen LogP contribution in [0.25, 0.3) is 0 Å². The van der Waals surface area contributed by atoms with Crippen molar-refractivity contribution >= 4 is 10.0 Å². The third-order valence-corrected chi connectivity index (χ3v) is 6.33. The molecular formula is C20H27N3O2S. The average molecular weight is 374 g/mol. The third kappa shape index (κ3) is 5.14. The fourth-order valence-corrected chi connectivity index (χ4v) is 4.61. The molecule has 1 aliphatic heterocycles. The van der Waals surface area contributed by atoms with Crippen LogP contribution < -0.4 is 10.0 Å². The van der Waals surface area contributed by atoms with Gasteiger partial charge in [-0.2, -0.15) is 0 Å². The number of sulfonamides is 1. The summed E-state index contributed by atoms with van der Waals surface area (Å²) < 4.78 is 28.6. The molecule has 0 aliphatic carbocycles. The molecule has 0 radical (unpaired) electrons. The molecule has 0 aromatic heterocycles. The number of nitrogens with zero attached hydrogens (tertiary/aromatic N) is 1. The lowest BCUT2D eigenvalue weighted by molar-refractivity contribution is 0.160. The van der Waals surface area contributed by atoms with Gasteiger partial charge in [-0.1, -0.05) is 48.5 Å². The van der Waals surface area contributed by atoms with Gasteiger partial charge in [0, 0.05) is 38.3 Å². The van der Waals surface area contributed by atoms with E-state index in [-0.39, 0.29) is 6.04 Å². The Morgan fingerprint density at radius 3 is 2.42 bits per heavy atom. The summed E-state index contributed by atoms with van der Waals surface area (Å²) in [6.07, 6.45) is 0.670. The molecular weight excluding hydrogens is 346 g/mol. The van der Waals surface area contributed by atoms with Crippen LogP contribution in [0.2, 0.25) is 0 Å². The Morgan fingerprint density at radius 2 is 1.77 bits per heavy atom. The monoisotopic (exact) mass is 373 g/mol. The smallest absolute Gasteiger partial charge is 0.240 e. The summed E-state index contributed by atoms with van der Waals surface area (Å²) in [4.78, 5) is 2.67. The summed E-state index contributed by atoms with van der Waals surface area (Å²) in [6.45, 7) is 5.68. The van der Waals surface area contributed by atoms with Crippen molar-refractivity contribution in [2.45, 2.75) is 30.3 Å². The fraction of sp³-hybridized carbons (Fsp3) is 0.400. The summed E-state index contributed by atoms with van der Waals surface area (Å²) in [5.41, 5.74) is 1.14. The number of hydrogen-bond donors (Lipinski definition) is 2. The van der Waals surface area contributed by atoms with Gasteiger partial charge in [0.05, 0.1) is 4.90 Å². The normalized spacial score (nSPS) is 20.0. The molecule has 2 atom stereocenters. The Kier molecular flexibility index (Phi) is 6.43. The minimum atomic E-state index is -3.54. The van der Waals surface area contributed by atoms with E-state index in [4.69, 9.17) is 0 Å². The standard InChI is InChI=1S/C20H27N3O2S/c1-17-15-21-12-13-23(17)16-19(14-18-8-4-2-5-9-18)22-26(24,25)20-10-6-3-7-11-20/h2-11,17,19,21-22H,12-16H2,1H3/t17-,19-/m0/s1. The molecule has 26 heavy (non-hydrogen) atoms. The Labute approximate surface area is 156 Å². The molecule has 0 amide bonds. The Hall–Kier alpha value is -1.73. The second kappa shape index (κ2) is 8.77. The van der Waals surface area contributed by atoms with Gasteiger partial charge in [-0.05, 0) is 31.0 Å². The van der Waals surface area contributed by atoms with E-state index in [9.17, 15) is 8.42 Å². The third-order valence-electron chi connectivity index (χ3n) is 4.79. The zero-order valence-corrected chi connectivity index (χ0v) is 16.0. The predicted octanol–water partition coefficient (Wildman–Crippen LogP) is 1.87. The topological polar surface area (TPSA) is 61.4 Å². The summed E-state index contributed by atoms with van der Waals surface area (Å²) in [5, 5.41) is 3.38. The van der Waals surface area contributed by atoms with E-state index in [1.807, 2.05) is 36.4 Å². The number of hydrogen-bond acceptors (Lipinski definition) is 4. The van der Waals surface area contributed by atoms with Crippen LogP contribution in [0.3, 0.4) is 0 Å². The lowest BCUT2D eigenvalue weighted by atomic mass is 10.1. The Morgan fingerprint density at radius 1 is 1.12 bits per heavy atom. The van der Waals surface area contributed by atoms with Gasteiger partial charge >= 0.3 is 0 Å². The molecule has 0 saturated carbocycles. The Bertz CT molecular complexity index is 781. The zero-order chi connectivity index (χ0) is 18.4. The van der Waals surface area contributed by atoms with Gasteiger partial charge in [-0.15, -0.1) is 0 Å². The molecule has 1 saturated heterocycles. The van der Waals surface area contributed by atoms with Crippen LogP contribution in [0.4, 0.5) is 0 Å². The maximum absolute atomic E-state index is 12.8. The molecule has 1 aliphatic rings. The Balaban J connectivity index is 1.78. The van der Waals surface area contributed by atoms with Crippen molar-refractivity contribution in [3.05, 3.63) is 66.2 Å². The first-order valence-electron chi connectivity index (χ1n) is 9.11. The minimum absolute atomic E-state index is 0.178. The van der Waals surface area contributed by atoms with Crippen LogP contribution >= 0.6 is 0 Å². The van der Waals surface area contributed by atoms with Gasteiger partial charge in [0.2, 0.25) is 10.0 Å². The summed E-state index contributed by atoms with van der Waals surface area (Å²) in [5.74, 6) is 0. The summed E-state index contributed by atoms with van der Waals surface area (Å²) in [7, 11) is -3.54. The first-order valence-corrected chi connectivity index (χ1v) is 10.6. The van der Waals surface area contributed by atoms with Crippen molar-refractivity contribution in [1.29, 1.82) is 0 Å². The average Bonchev–Trinajstić information content (AvgIpc) is 2.65. The van der Waals surface area contributed by atoms with Gasteiger partial charge in [-0.3, -0.25) is 4.90 Å². The minimum Gasteiger partial charge on any atom is -0.314 e. The zero-order valence-electron chi connectivity index (χ0n) is 15.1. The van der Waals surface area contributed by atoms with Crippen LogP contribution in [-0.2, 0) is 16.4 Å². The molecule has 2 aromatic carbocycles. The van der Waals surface area contributed by atoms with Crippen molar-refractivity contribution < 1.29 is 8.42 Å². The second-order valence-corrected chi connectivity index (χ2v) is 8.58. The molecule has 140 valence electrons. The molecule has 1 fully saturated rings. The predicted molar refractivity (Wildman–Crippen MR) is 105 cm³/mol. The maximum Gasteiger partial charge on any atom is 0.240 e. The number of rotatable bonds is 7. The van der Waals surface area contributed by atoms with E-state index in [2.05, 4.69) is 21.9 Å². The molecule has 1 heterocycles. The molecule has 6 heteroatoms. The van der Waals surface area contributed by atoms with Crippen LogP contribution in [0.15, 0.2) is 65.6 Å². The number of nitrogens with one attached hydrogen (secondary N) is 2. The van der Waals surface area contributed by atoms with Gasteiger partial charge in [0.15, 0.2) is 0 Å². The highest BCUT2D eigenvalue weighted by atomic mass is 32.2. The van der Waals surface area contributed by atoms with Crippen LogP contribution in [0.1, 0.15) is 12.5 Å². The van der Waals surface area contributed by atoms with Gasteiger partial charge in [-0.25, -0.2) is 13.1 Å². The van der Waals surface area contributed by atoms with Crippen LogP contribution in [-0.4, -0.2) is 51.6 Å². The first kappa shape index (κ1) is 19.0. The highest BCUT2D eigenvalue weighted by Crippen LogP contribution is 2.13. The maximum atomic E-state index is 12.8. The first-order chi connectivity index (χ1) is 12.5. The van der Waals surface area contributed by atoms with Gasteiger partial charge < -0.3 is 5.32 Å². The molecule has 0 bridgehead atoms. The summed E-state index contributed by atoms with van der Waals surface area (Å²) in [6, 6.07) is 18.9. The molecule has 3 rings (SSSR count). The van der Waals surface area contributed by atoms with E-state index < -0.39 is 10.0 Å².